The van der Waals surface area contributed by atoms with Crippen LogP contribution < -0.4 is 11.2 Å². The van der Waals surface area contributed by atoms with Crippen LogP contribution in [0.3, 0.4) is 0 Å². The molecular weight excluding hydrogens is 322 g/mol. The Labute approximate surface area is 143 Å². The summed E-state index contributed by atoms with van der Waals surface area (Å²) in [6.45, 7) is 0.336. The van der Waals surface area contributed by atoms with Gasteiger partial charge in [0.15, 0.2) is 0 Å². The van der Waals surface area contributed by atoms with Gasteiger partial charge in [-0.15, -0.1) is 0 Å². The van der Waals surface area contributed by atoms with Gasteiger partial charge in [0.05, 0.1) is 23.2 Å². The molecule has 0 radical (unpaired) electrons. The lowest BCUT2D eigenvalue weighted by Gasteiger charge is -2.17. The third-order valence-electron chi connectivity index (χ3n) is 4.01. The first-order chi connectivity index (χ1) is 11.9. The predicted molar refractivity (Wildman–Crippen MR) is 92.3 cm³/mol. The summed E-state index contributed by atoms with van der Waals surface area (Å²) < 4.78 is 2.28. The number of rotatable bonds is 3. The highest BCUT2D eigenvalue weighted by atomic mass is 16.2. The van der Waals surface area contributed by atoms with Crippen molar-refractivity contribution in [3.05, 3.63) is 68.8 Å². The fraction of sp³-hybridized carbons (Fsp3) is 0.235. The molecule has 8 nitrogen and oxygen atoms in total. The largest absolute Gasteiger partial charge is 0.336 e. The first-order valence-electron chi connectivity index (χ1n) is 7.61. The molecule has 0 bridgehead atoms. The van der Waals surface area contributed by atoms with Gasteiger partial charge in [0.1, 0.15) is 5.65 Å². The van der Waals surface area contributed by atoms with Crippen molar-refractivity contribution in [1.29, 1.82) is 0 Å². The van der Waals surface area contributed by atoms with Crippen molar-refractivity contribution in [3.63, 3.8) is 0 Å². The van der Waals surface area contributed by atoms with Crippen LogP contribution in [0.2, 0.25) is 0 Å². The van der Waals surface area contributed by atoms with Crippen LogP contribution in [-0.2, 0) is 20.6 Å². The molecule has 8 heteroatoms. The minimum absolute atomic E-state index is 0.224. The van der Waals surface area contributed by atoms with Crippen molar-refractivity contribution in [3.8, 4) is 0 Å². The van der Waals surface area contributed by atoms with Crippen LogP contribution >= 0.6 is 0 Å². The quantitative estimate of drug-likeness (QED) is 0.684. The molecule has 3 aromatic rings. The van der Waals surface area contributed by atoms with Gasteiger partial charge in [-0.25, -0.2) is 9.78 Å². The second kappa shape index (κ2) is 6.31. The summed E-state index contributed by atoms with van der Waals surface area (Å²) in [4.78, 5) is 46.7. The van der Waals surface area contributed by atoms with Crippen LogP contribution in [0.4, 0.5) is 0 Å². The number of carbonyl (C=O) groups excluding carboxylic acids is 1. The third kappa shape index (κ3) is 2.93. The van der Waals surface area contributed by atoms with E-state index in [2.05, 4.69) is 9.97 Å². The first kappa shape index (κ1) is 16.6. The highest BCUT2D eigenvalue weighted by molar-refractivity contribution is 5.96. The molecule has 0 saturated heterocycles. The fourth-order valence-electron chi connectivity index (χ4n) is 2.61. The number of hydrogen-bond donors (Lipinski definition) is 0. The van der Waals surface area contributed by atoms with Crippen LogP contribution in [0.15, 0.2) is 46.2 Å². The molecule has 3 aromatic heterocycles. The van der Waals surface area contributed by atoms with E-state index in [9.17, 15) is 14.4 Å². The number of fused-ring (bicyclic) bond motifs is 1. The molecule has 128 valence electrons. The minimum Gasteiger partial charge on any atom is -0.336 e. The van der Waals surface area contributed by atoms with Crippen LogP contribution in [0.1, 0.15) is 16.1 Å². The fourth-order valence-corrected chi connectivity index (χ4v) is 2.61. The zero-order chi connectivity index (χ0) is 18.1. The Bertz CT molecular complexity index is 1070. The second-order valence-corrected chi connectivity index (χ2v) is 5.78. The van der Waals surface area contributed by atoms with Crippen molar-refractivity contribution in [2.75, 3.05) is 7.05 Å². The van der Waals surface area contributed by atoms with E-state index in [1.165, 1.54) is 35.8 Å². The van der Waals surface area contributed by atoms with Gasteiger partial charge in [-0.2, -0.15) is 0 Å². The van der Waals surface area contributed by atoms with Crippen molar-refractivity contribution < 1.29 is 4.79 Å². The lowest BCUT2D eigenvalue weighted by atomic mass is 10.2. The molecule has 1 amide bonds. The molecular formula is C17H17N5O3. The number of amides is 1. The Morgan fingerprint density at radius 2 is 1.92 bits per heavy atom. The van der Waals surface area contributed by atoms with Crippen LogP contribution in [-0.4, -0.2) is 37.0 Å². The third-order valence-corrected chi connectivity index (χ3v) is 4.01. The Morgan fingerprint density at radius 3 is 2.60 bits per heavy atom. The molecule has 0 atom stereocenters. The monoisotopic (exact) mass is 339 g/mol. The Hall–Kier alpha value is -3.29. The molecule has 3 heterocycles. The number of aromatic nitrogens is 4. The van der Waals surface area contributed by atoms with Crippen molar-refractivity contribution in [1.82, 2.24) is 24.0 Å². The highest BCUT2D eigenvalue weighted by Crippen LogP contribution is 2.11. The summed E-state index contributed by atoms with van der Waals surface area (Å²) in [6, 6.07) is 6.95. The van der Waals surface area contributed by atoms with Gasteiger partial charge in [0, 0.05) is 33.5 Å². The molecule has 0 aliphatic heterocycles. The topological polar surface area (TPSA) is 90.1 Å². The molecule has 0 unspecified atom stereocenters. The smallest absolute Gasteiger partial charge is 0.332 e. The molecule has 0 spiro atoms. The molecule has 0 saturated carbocycles. The van der Waals surface area contributed by atoms with Crippen LogP contribution in [0.5, 0.6) is 0 Å². The highest BCUT2D eigenvalue weighted by Gasteiger charge is 2.16. The molecule has 25 heavy (non-hydrogen) atoms. The molecule has 0 aromatic carbocycles. The molecule has 0 aliphatic rings. The van der Waals surface area contributed by atoms with E-state index >= 15 is 0 Å². The number of hydrogen-bond acceptors (Lipinski definition) is 5. The standard InChI is InChI=1S/C17H17N5O3/c1-20(10-12-6-4-5-7-18-12)15(23)11-8-13-14(19-9-11)21(2)17(25)22(3)16(13)24/h4-9H,10H2,1-3H3. The van der Waals surface area contributed by atoms with Gasteiger partial charge >= 0.3 is 5.69 Å². The first-order valence-corrected chi connectivity index (χ1v) is 7.61. The van der Waals surface area contributed by atoms with Gasteiger partial charge in [-0.3, -0.25) is 23.7 Å². The molecule has 0 fully saturated rings. The van der Waals surface area contributed by atoms with E-state index < -0.39 is 11.2 Å². The number of nitrogens with zero attached hydrogens (tertiary/aromatic N) is 5. The van der Waals surface area contributed by atoms with Crippen LogP contribution in [0, 0.1) is 0 Å². The van der Waals surface area contributed by atoms with E-state index in [-0.39, 0.29) is 22.5 Å². The Morgan fingerprint density at radius 1 is 1.16 bits per heavy atom. The Kier molecular flexibility index (Phi) is 4.18. The van der Waals surface area contributed by atoms with E-state index in [4.69, 9.17) is 0 Å². The van der Waals surface area contributed by atoms with Gasteiger partial charge in [-0.1, -0.05) is 6.07 Å². The van der Waals surface area contributed by atoms with Gasteiger partial charge in [0.25, 0.3) is 11.5 Å². The maximum atomic E-state index is 12.6. The van der Waals surface area contributed by atoms with E-state index in [1.807, 2.05) is 12.1 Å². The molecule has 3 rings (SSSR count). The average Bonchev–Trinajstić information content (AvgIpc) is 2.64. The lowest BCUT2D eigenvalue weighted by molar-refractivity contribution is 0.0783. The zero-order valence-electron chi connectivity index (χ0n) is 14.1. The zero-order valence-corrected chi connectivity index (χ0v) is 14.1. The maximum absolute atomic E-state index is 12.6. The summed E-state index contributed by atoms with van der Waals surface area (Å²) in [7, 11) is 4.58. The molecule has 0 aliphatic carbocycles. The lowest BCUT2D eigenvalue weighted by Crippen LogP contribution is -2.37. The van der Waals surface area contributed by atoms with Gasteiger partial charge < -0.3 is 4.90 Å². The number of aryl methyl sites for hydroxylation is 1. The summed E-state index contributed by atoms with van der Waals surface area (Å²) >= 11 is 0. The van der Waals surface area contributed by atoms with E-state index in [1.54, 1.807) is 19.3 Å². The summed E-state index contributed by atoms with van der Waals surface area (Å²) in [6.07, 6.45) is 3.04. The van der Waals surface area contributed by atoms with Crippen molar-refractivity contribution in [2.45, 2.75) is 6.54 Å². The second-order valence-electron chi connectivity index (χ2n) is 5.78. The predicted octanol–water partition coefficient (Wildman–Crippen LogP) is 0.299. The van der Waals surface area contributed by atoms with Gasteiger partial charge in [0.2, 0.25) is 0 Å². The van der Waals surface area contributed by atoms with Gasteiger partial charge in [-0.05, 0) is 18.2 Å². The Balaban J connectivity index is 2.00. The van der Waals surface area contributed by atoms with Crippen molar-refractivity contribution >= 4 is 16.9 Å². The summed E-state index contributed by atoms with van der Waals surface area (Å²) in [5.41, 5.74) is 0.341. The minimum atomic E-state index is -0.479. The van der Waals surface area contributed by atoms with Crippen molar-refractivity contribution in [2.24, 2.45) is 14.1 Å². The van der Waals surface area contributed by atoms with E-state index in [0.29, 0.717) is 6.54 Å². The number of carbonyl (C=O) groups is 1. The maximum Gasteiger partial charge on any atom is 0.332 e. The summed E-state index contributed by atoms with van der Waals surface area (Å²) in [5, 5.41) is 0.224. The normalized spacial score (nSPS) is 10.8. The van der Waals surface area contributed by atoms with Crippen LogP contribution in [0.25, 0.3) is 11.0 Å². The summed E-state index contributed by atoms with van der Waals surface area (Å²) in [5.74, 6) is -0.282. The average molecular weight is 339 g/mol. The van der Waals surface area contributed by atoms with E-state index in [0.717, 1.165) is 10.3 Å². The number of pyridine rings is 2. The SMILES string of the molecule is CN(Cc1ccccn1)C(=O)c1cnc2c(c1)c(=O)n(C)c(=O)n2C. The molecule has 0 N–H and O–H groups in total.